The van der Waals surface area contributed by atoms with Gasteiger partial charge in [-0.1, -0.05) is 113 Å². The van der Waals surface area contributed by atoms with Crippen molar-refractivity contribution in [2.24, 2.45) is 11.3 Å². The second-order valence-corrected chi connectivity index (χ2v) is 16.0. The van der Waals surface area contributed by atoms with E-state index in [9.17, 15) is 4.79 Å². The first-order valence-electron chi connectivity index (χ1n) is 13.1. The fourth-order valence-corrected chi connectivity index (χ4v) is 11.0. The van der Waals surface area contributed by atoms with E-state index in [1.165, 1.54) is 22.9 Å². The normalized spacial score (nSPS) is 19.5. The summed E-state index contributed by atoms with van der Waals surface area (Å²) in [5, 5.41) is 2.33. The summed E-state index contributed by atoms with van der Waals surface area (Å²) in [6.45, 7) is 19.1. The molecule has 0 heterocycles. The van der Waals surface area contributed by atoms with Gasteiger partial charge in [-0.2, -0.15) is 0 Å². The molecule has 0 amide bonds. The first kappa shape index (κ1) is 28.7. The molecule has 0 bridgehead atoms. The minimum atomic E-state index is -2.79. The van der Waals surface area contributed by atoms with Gasteiger partial charge in [-0.25, -0.2) is 0 Å². The predicted molar refractivity (Wildman–Crippen MR) is 156 cm³/mol. The lowest BCUT2D eigenvalue weighted by molar-refractivity contribution is -0.143. The van der Waals surface area contributed by atoms with E-state index in [1.54, 1.807) is 0 Å². The van der Waals surface area contributed by atoms with E-state index in [-0.39, 0.29) is 28.4 Å². The number of hydrogen-bond acceptors (Lipinski definition) is 3. The smallest absolute Gasteiger partial charge is 0.304 e. The van der Waals surface area contributed by atoms with Crippen LogP contribution in [0.3, 0.4) is 0 Å². The highest BCUT2D eigenvalue weighted by Gasteiger charge is 2.54. The molecule has 3 nitrogen and oxygen atoms in total. The first-order valence-corrected chi connectivity index (χ1v) is 15.1. The summed E-state index contributed by atoms with van der Waals surface area (Å²) in [7, 11) is -2.79. The van der Waals surface area contributed by atoms with Gasteiger partial charge in [0.2, 0.25) is 0 Å². The molecule has 3 atom stereocenters. The first-order chi connectivity index (χ1) is 17.4. The number of ether oxygens (including phenoxy) is 1. The Hall–Kier alpha value is -2.87. The highest BCUT2D eigenvalue weighted by Crippen LogP contribution is 2.50. The highest BCUT2D eigenvalue weighted by molar-refractivity contribution is 6.99. The number of hydrogen-bond donors (Lipinski definition) is 0. The summed E-state index contributed by atoms with van der Waals surface area (Å²) in [5.41, 5.74) is 1.84. The Bertz CT molecular complexity index is 1130. The molecule has 4 heteroatoms. The van der Waals surface area contributed by atoms with Crippen molar-refractivity contribution >= 4 is 24.7 Å². The van der Waals surface area contributed by atoms with Crippen LogP contribution in [0.5, 0.6) is 0 Å². The Labute approximate surface area is 225 Å². The number of esters is 1. The van der Waals surface area contributed by atoms with Gasteiger partial charge in [0.25, 0.3) is 8.32 Å². The molecule has 0 saturated carbocycles. The molecule has 0 spiro atoms. The van der Waals surface area contributed by atoms with Gasteiger partial charge >= 0.3 is 5.97 Å². The Morgan fingerprint density at radius 3 is 2.03 bits per heavy atom. The molecule has 0 aromatic heterocycles. The number of carbonyl (C=O) groups excluding carboxylic acids is 1. The molecule has 3 rings (SSSR count). The number of rotatable bonds is 8. The largest absolute Gasteiger partial charge is 0.445 e. The number of terminal acetylenes is 1. The molecule has 37 heavy (non-hydrogen) atoms. The topological polar surface area (TPSA) is 35.5 Å². The molecular weight excluding hydrogens is 472 g/mol. The lowest BCUT2D eigenvalue weighted by Crippen LogP contribution is -2.68. The molecule has 196 valence electrons. The third-order valence-corrected chi connectivity index (χ3v) is 13.0. The Balaban J connectivity index is 2.16. The van der Waals surface area contributed by atoms with Crippen molar-refractivity contribution in [1.82, 2.24) is 0 Å². The lowest BCUT2D eigenvalue weighted by Gasteiger charge is -2.50. The van der Waals surface area contributed by atoms with Crippen LogP contribution in [0.4, 0.5) is 0 Å². The average Bonchev–Trinajstić information content (AvgIpc) is 2.84. The second kappa shape index (κ2) is 11.3. The third kappa shape index (κ3) is 5.54. The van der Waals surface area contributed by atoms with E-state index in [2.05, 4.69) is 115 Å². The summed E-state index contributed by atoms with van der Waals surface area (Å²) in [5.74, 6) is 2.47. The lowest BCUT2D eigenvalue weighted by atomic mass is 9.62. The van der Waals surface area contributed by atoms with E-state index >= 15 is 0 Å². The van der Waals surface area contributed by atoms with Gasteiger partial charge in [-0.05, 0) is 52.1 Å². The molecule has 1 aliphatic rings. The fourth-order valence-electron chi connectivity index (χ4n) is 6.29. The van der Waals surface area contributed by atoms with Gasteiger partial charge in [0, 0.05) is 6.92 Å². The maximum absolute atomic E-state index is 11.9. The van der Waals surface area contributed by atoms with Crippen LogP contribution in [-0.4, -0.2) is 26.5 Å². The quantitative estimate of drug-likeness (QED) is 0.176. The molecule has 1 aliphatic carbocycles. The molecule has 2 aromatic rings. The summed E-state index contributed by atoms with van der Waals surface area (Å²) in [4.78, 5) is 11.9. The van der Waals surface area contributed by atoms with Crippen LogP contribution in [0, 0.1) is 23.7 Å². The van der Waals surface area contributed by atoms with Gasteiger partial charge in [-0.15, -0.1) is 13.0 Å². The zero-order chi connectivity index (χ0) is 27.4. The van der Waals surface area contributed by atoms with E-state index < -0.39 is 14.4 Å². The van der Waals surface area contributed by atoms with Crippen LogP contribution < -0.4 is 10.4 Å². The van der Waals surface area contributed by atoms with Crippen molar-refractivity contribution in [3.05, 3.63) is 84.5 Å². The minimum absolute atomic E-state index is 0.108. The van der Waals surface area contributed by atoms with E-state index in [0.29, 0.717) is 0 Å². The van der Waals surface area contributed by atoms with E-state index in [4.69, 9.17) is 15.6 Å². The molecule has 2 aromatic carbocycles. The molecule has 0 radical (unpaired) electrons. The van der Waals surface area contributed by atoms with Gasteiger partial charge < -0.3 is 9.16 Å². The fraction of sp³-hybridized carbons (Fsp3) is 0.424. The monoisotopic (exact) mass is 514 g/mol. The molecule has 0 saturated heterocycles. The van der Waals surface area contributed by atoms with E-state index in [0.717, 1.165) is 18.4 Å². The van der Waals surface area contributed by atoms with Crippen LogP contribution in [-0.2, 0) is 14.0 Å². The van der Waals surface area contributed by atoms with Crippen molar-refractivity contribution in [2.75, 3.05) is 0 Å². The summed E-state index contributed by atoms with van der Waals surface area (Å²) < 4.78 is 13.1. The van der Waals surface area contributed by atoms with Crippen LogP contribution >= 0.6 is 0 Å². The Morgan fingerprint density at radius 2 is 1.62 bits per heavy atom. The summed E-state index contributed by atoms with van der Waals surface area (Å²) in [6, 6.07) is 21.4. The van der Waals surface area contributed by atoms with Crippen molar-refractivity contribution in [3.8, 4) is 12.3 Å². The molecular formula is C33H42O3Si. The maximum Gasteiger partial charge on any atom is 0.304 e. The predicted octanol–water partition coefficient (Wildman–Crippen LogP) is 6.44. The number of benzene rings is 2. The average molecular weight is 515 g/mol. The molecule has 0 unspecified atom stereocenters. The summed E-state index contributed by atoms with van der Waals surface area (Å²) >= 11 is 0. The van der Waals surface area contributed by atoms with E-state index in [1.807, 2.05) is 6.08 Å². The van der Waals surface area contributed by atoms with Crippen molar-refractivity contribution in [2.45, 2.75) is 78.6 Å². The Kier molecular flexibility index (Phi) is 8.73. The van der Waals surface area contributed by atoms with Crippen molar-refractivity contribution < 1.29 is 14.0 Å². The third-order valence-electron chi connectivity index (χ3n) is 7.97. The highest BCUT2D eigenvalue weighted by atomic mass is 28.4. The second-order valence-electron chi connectivity index (χ2n) is 11.7. The van der Waals surface area contributed by atoms with Crippen LogP contribution in [0.1, 0.15) is 61.3 Å². The van der Waals surface area contributed by atoms with Gasteiger partial charge in [0.1, 0.15) is 0 Å². The minimum Gasteiger partial charge on any atom is -0.445 e. The van der Waals surface area contributed by atoms with Crippen LogP contribution in [0.25, 0.3) is 0 Å². The zero-order valence-electron chi connectivity index (χ0n) is 23.5. The van der Waals surface area contributed by atoms with Crippen LogP contribution in [0.2, 0.25) is 5.04 Å². The van der Waals surface area contributed by atoms with Gasteiger partial charge in [0.05, 0.1) is 6.10 Å². The van der Waals surface area contributed by atoms with Gasteiger partial charge in [-0.3, -0.25) is 4.79 Å². The maximum atomic E-state index is 11.9. The van der Waals surface area contributed by atoms with Crippen molar-refractivity contribution in [3.63, 3.8) is 0 Å². The number of carbonyl (C=O) groups is 1. The zero-order valence-corrected chi connectivity index (χ0v) is 24.5. The van der Waals surface area contributed by atoms with Crippen molar-refractivity contribution in [1.29, 1.82) is 0 Å². The van der Waals surface area contributed by atoms with Crippen LogP contribution in [0.15, 0.2) is 84.5 Å². The summed E-state index contributed by atoms with van der Waals surface area (Å²) in [6.07, 6.45) is 8.77. The SMILES string of the molecule is C#C[C@@H](OC(C)=O)C1=C(C)CC[C@H]([C@@H](C=C)O[Si](c2ccccc2)(c2ccccc2)C(C)(C)C)C1(C)C. The molecule has 0 N–H and O–H groups in total. The van der Waals surface area contributed by atoms with Gasteiger partial charge in [0.15, 0.2) is 6.10 Å². The Morgan fingerprint density at radius 1 is 1.11 bits per heavy atom. The number of allylic oxidation sites excluding steroid dienone is 1. The standard InChI is InChI=1S/C33H42O3Si/c1-10-29(28-23-22-24(3)31(33(28,8)9)30(11-2)35-25(4)34)36-37(32(5,6)7,26-18-14-12-15-19-26)27-20-16-13-17-21-27/h2,10,12-21,28-30H,1,22-23H2,3-9H3/t28-,29-,30-/m1/s1. The molecule has 0 aliphatic heterocycles. The molecule has 0 fully saturated rings.